The fraction of sp³-hybridized carbons (Fsp3) is 0.150. The van der Waals surface area contributed by atoms with Crippen LogP contribution < -0.4 is 10.9 Å². The van der Waals surface area contributed by atoms with Gasteiger partial charge in [0.15, 0.2) is 0 Å². The molecule has 2 amide bonds. The first-order valence-electron chi connectivity index (χ1n) is 8.35. The first kappa shape index (κ1) is 18.7. The number of hydrogen-bond donors (Lipinski definition) is 2. The Bertz CT molecular complexity index is 1100. The smallest absolute Gasteiger partial charge is 0.306 e. The maximum absolute atomic E-state index is 12.6. The summed E-state index contributed by atoms with van der Waals surface area (Å²) in [6.07, 6.45) is 1.27. The van der Waals surface area contributed by atoms with Crippen molar-refractivity contribution in [3.8, 4) is 5.69 Å². The van der Waals surface area contributed by atoms with Crippen LogP contribution in [0.25, 0.3) is 5.69 Å². The lowest BCUT2D eigenvalue weighted by molar-refractivity contribution is 0.259. The number of carbonyl (C=O) groups excluding carboxylic acids is 1. The molecular weight excluding hydrogens is 364 g/mol. The minimum Gasteiger partial charge on any atom is -0.306 e. The monoisotopic (exact) mass is 382 g/mol. The molecule has 2 N–H and O–H groups in total. The van der Waals surface area contributed by atoms with Gasteiger partial charge in [-0.25, -0.2) is 14.5 Å². The molecule has 0 atom stereocenters. The van der Waals surface area contributed by atoms with Crippen LogP contribution in [0.1, 0.15) is 22.4 Å². The van der Waals surface area contributed by atoms with E-state index in [9.17, 15) is 9.59 Å². The number of aromatic nitrogens is 2. The van der Waals surface area contributed by atoms with E-state index in [1.807, 2.05) is 32.0 Å². The van der Waals surface area contributed by atoms with Crippen molar-refractivity contribution in [2.75, 3.05) is 5.32 Å². The molecule has 1 aromatic heterocycles. The molecule has 0 fully saturated rings. The number of urea groups is 1. The van der Waals surface area contributed by atoms with E-state index in [0.29, 0.717) is 27.7 Å². The number of nitrogens with zero attached hydrogens (tertiary/aromatic N) is 2. The Labute approximate surface area is 161 Å². The van der Waals surface area contributed by atoms with Gasteiger partial charge in [0.05, 0.1) is 11.3 Å². The first-order valence-corrected chi connectivity index (χ1v) is 8.73. The zero-order chi connectivity index (χ0) is 19.6. The van der Waals surface area contributed by atoms with Crippen molar-refractivity contribution in [2.45, 2.75) is 20.8 Å². The highest BCUT2D eigenvalue weighted by atomic mass is 35.5. The molecule has 1 heterocycles. The number of rotatable bonds is 3. The predicted molar refractivity (Wildman–Crippen MR) is 109 cm³/mol. The number of hydrogen-bond acceptors (Lipinski definition) is 2. The minimum absolute atomic E-state index is 0.307. The third kappa shape index (κ3) is 4.01. The number of nitrogens with one attached hydrogen (secondary N) is 2. The molecule has 0 saturated carbocycles. The van der Waals surface area contributed by atoms with Crippen molar-refractivity contribution in [3.05, 3.63) is 80.2 Å². The zero-order valence-electron chi connectivity index (χ0n) is 15.2. The van der Waals surface area contributed by atoms with E-state index in [2.05, 4.69) is 15.4 Å². The van der Waals surface area contributed by atoms with E-state index < -0.39 is 6.03 Å². The van der Waals surface area contributed by atoms with E-state index in [0.717, 1.165) is 11.1 Å². The third-order valence-corrected chi connectivity index (χ3v) is 4.58. The van der Waals surface area contributed by atoms with Crippen LogP contribution in [0.3, 0.4) is 0 Å². The van der Waals surface area contributed by atoms with Crippen LogP contribution in [0.2, 0.25) is 5.02 Å². The van der Waals surface area contributed by atoms with Gasteiger partial charge >= 0.3 is 6.03 Å². The molecule has 27 heavy (non-hydrogen) atoms. The molecule has 0 bridgehead atoms. The maximum atomic E-state index is 12.6. The normalized spacial score (nSPS) is 11.1. The molecule has 0 radical (unpaired) electrons. The Kier molecular flexibility index (Phi) is 5.28. The quantitative estimate of drug-likeness (QED) is 0.658. The molecule has 0 spiro atoms. The standard InChI is InChI=1S/C20H19ClN4O2/c1-12-6-4-9-18(13(12)2)23-20(27)22-11-17-14(3)24-25(19(17)26)16-8-5-7-15(21)10-16/h4-11,24H,1-3H3,(H,23,27). The average Bonchev–Trinajstić information content (AvgIpc) is 2.91. The lowest BCUT2D eigenvalue weighted by Gasteiger charge is -2.07. The highest BCUT2D eigenvalue weighted by molar-refractivity contribution is 6.30. The van der Waals surface area contributed by atoms with Crippen LogP contribution in [-0.2, 0) is 0 Å². The molecule has 0 unspecified atom stereocenters. The summed E-state index contributed by atoms with van der Waals surface area (Å²) in [5, 5.41) is 6.22. The summed E-state index contributed by atoms with van der Waals surface area (Å²) in [5.74, 6) is 0. The topological polar surface area (TPSA) is 79.2 Å². The Morgan fingerprint density at radius 1 is 1.19 bits per heavy atom. The van der Waals surface area contributed by atoms with Crippen LogP contribution in [0.15, 0.2) is 52.3 Å². The summed E-state index contributed by atoms with van der Waals surface area (Å²) in [5.41, 5.74) is 3.95. The van der Waals surface area contributed by atoms with E-state index in [1.165, 1.54) is 10.9 Å². The van der Waals surface area contributed by atoms with Gasteiger partial charge < -0.3 is 5.32 Å². The van der Waals surface area contributed by atoms with E-state index in [-0.39, 0.29) is 5.56 Å². The van der Waals surface area contributed by atoms with Crippen molar-refractivity contribution in [2.24, 2.45) is 4.99 Å². The molecular formula is C20H19ClN4O2. The predicted octanol–water partition coefficient (Wildman–Crippen LogP) is 4.40. The summed E-state index contributed by atoms with van der Waals surface area (Å²) >= 11 is 5.99. The molecule has 0 saturated heterocycles. The van der Waals surface area contributed by atoms with Gasteiger partial charge in [0.1, 0.15) is 0 Å². The van der Waals surface area contributed by atoms with E-state index >= 15 is 0 Å². The summed E-state index contributed by atoms with van der Waals surface area (Å²) in [7, 11) is 0. The lowest BCUT2D eigenvalue weighted by atomic mass is 10.1. The SMILES string of the molecule is Cc1cccc(NC(=O)N=Cc2c(C)[nH]n(-c3cccc(Cl)c3)c2=O)c1C. The highest BCUT2D eigenvalue weighted by Crippen LogP contribution is 2.18. The van der Waals surface area contributed by atoms with Gasteiger partial charge in [-0.1, -0.05) is 29.8 Å². The lowest BCUT2D eigenvalue weighted by Crippen LogP contribution is -2.17. The molecule has 138 valence electrons. The molecule has 0 aliphatic carbocycles. The van der Waals surface area contributed by atoms with Gasteiger partial charge in [0.2, 0.25) is 0 Å². The van der Waals surface area contributed by atoms with Gasteiger partial charge in [-0.3, -0.25) is 9.89 Å². The number of amides is 2. The summed E-state index contributed by atoms with van der Waals surface area (Å²) in [4.78, 5) is 28.7. The number of aryl methyl sites for hydroxylation is 2. The zero-order valence-corrected chi connectivity index (χ0v) is 16.0. The Morgan fingerprint density at radius 2 is 1.93 bits per heavy atom. The highest BCUT2D eigenvalue weighted by Gasteiger charge is 2.12. The second kappa shape index (κ2) is 7.63. The van der Waals surface area contributed by atoms with Gasteiger partial charge in [-0.05, 0) is 56.2 Å². The number of carbonyl (C=O) groups is 1. The number of halogens is 1. The van der Waals surface area contributed by atoms with Gasteiger partial charge in [0, 0.05) is 22.6 Å². The maximum Gasteiger partial charge on any atom is 0.345 e. The Hall–Kier alpha value is -3.12. The minimum atomic E-state index is -0.544. The number of anilines is 1. The van der Waals surface area contributed by atoms with Crippen molar-refractivity contribution in [1.29, 1.82) is 0 Å². The summed E-state index contributed by atoms with van der Waals surface area (Å²) in [6, 6.07) is 12.0. The largest absolute Gasteiger partial charge is 0.345 e. The van der Waals surface area contributed by atoms with Gasteiger partial charge in [-0.15, -0.1) is 0 Å². The van der Waals surface area contributed by atoms with Crippen LogP contribution >= 0.6 is 11.6 Å². The van der Waals surface area contributed by atoms with E-state index in [4.69, 9.17) is 11.6 Å². The van der Waals surface area contributed by atoms with Crippen molar-refractivity contribution >= 4 is 29.5 Å². The van der Waals surface area contributed by atoms with Gasteiger partial charge in [-0.2, -0.15) is 0 Å². The van der Waals surface area contributed by atoms with Crippen molar-refractivity contribution in [1.82, 2.24) is 9.78 Å². The molecule has 7 heteroatoms. The summed E-state index contributed by atoms with van der Waals surface area (Å²) in [6.45, 7) is 5.64. The molecule has 0 aliphatic rings. The number of aliphatic imine (C=N–C) groups is 1. The molecule has 3 rings (SSSR count). The van der Waals surface area contributed by atoms with Crippen LogP contribution in [0.5, 0.6) is 0 Å². The van der Waals surface area contributed by atoms with E-state index in [1.54, 1.807) is 31.2 Å². The Morgan fingerprint density at radius 3 is 2.67 bits per heavy atom. The number of H-pyrrole nitrogens is 1. The molecule has 2 aromatic carbocycles. The van der Waals surface area contributed by atoms with Crippen LogP contribution in [0, 0.1) is 20.8 Å². The van der Waals surface area contributed by atoms with Crippen molar-refractivity contribution in [3.63, 3.8) is 0 Å². The van der Waals surface area contributed by atoms with Crippen LogP contribution in [-0.4, -0.2) is 22.0 Å². The average molecular weight is 383 g/mol. The molecule has 3 aromatic rings. The number of aromatic amines is 1. The van der Waals surface area contributed by atoms with Crippen LogP contribution in [0.4, 0.5) is 10.5 Å². The first-order chi connectivity index (χ1) is 12.9. The molecule has 6 nitrogen and oxygen atoms in total. The van der Waals surface area contributed by atoms with Gasteiger partial charge in [0.25, 0.3) is 5.56 Å². The second-order valence-electron chi connectivity index (χ2n) is 6.21. The fourth-order valence-electron chi connectivity index (χ4n) is 2.67. The van der Waals surface area contributed by atoms with Crippen molar-refractivity contribution < 1.29 is 4.79 Å². The fourth-order valence-corrected chi connectivity index (χ4v) is 2.85. The second-order valence-corrected chi connectivity index (χ2v) is 6.64. The summed E-state index contributed by atoms with van der Waals surface area (Å²) < 4.78 is 1.37. The number of benzene rings is 2. The third-order valence-electron chi connectivity index (χ3n) is 4.34. The Balaban J connectivity index is 1.84. The molecule has 0 aliphatic heterocycles.